The lowest BCUT2D eigenvalue weighted by Gasteiger charge is -2.41. The molecule has 1 aliphatic carbocycles. The van der Waals surface area contributed by atoms with E-state index in [9.17, 15) is 4.79 Å². The number of hydrogen-bond acceptors (Lipinski definition) is 3. The lowest BCUT2D eigenvalue weighted by atomic mass is 9.95. The number of carbonyl (C=O) groups excluding carboxylic acids is 1. The van der Waals surface area contributed by atoms with Crippen molar-refractivity contribution >= 4 is 5.91 Å². The number of nitrogens with zero attached hydrogens (tertiary/aromatic N) is 3. The van der Waals surface area contributed by atoms with Crippen LogP contribution in [0, 0.1) is 11.8 Å². The number of likely N-dealkylation sites (N-methyl/N-ethyl adjacent to an activating group) is 1. The topological polar surface area (TPSA) is 26.8 Å². The molecule has 0 N–H and O–H groups in total. The standard InChI is InChI=1S/C16H29N3O/c1-13-11-17(2)9-10-19(13)12-14-5-7-18(8-6-14)16(20)15-3-4-15/h13-15H,3-12H2,1-2H3/t13-/m1/s1. The summed E-state index contributed by atoms with van der Waals surface area (Å²) in [6.45, 7) is 9.19. The number of piperazine rings is 1. The predicted octanol–water partition coefficient (Wildman–Crippen LogP) is 1.27. The summed E-state index contributed by atoms with van der Waals surface area (Å²) in [5.41, 5.74) is 0. The van der Waals surface area contributed by atoms with E-state index >= 15 is 0 Å². The molecule has 0 radical (unpaired) electrons. The molecule has 2 aliphatic heterocycles. The summed E-state index contributed by atoms with van der Waals surface area (Å²) in [7, 11) is 2.22. The Morgan fingerprint density at radius 3 is 2.35 bits per heavy atom. The number of hydrogen-bond donors (Lipinski definition) is 0. The smallest absolute Gasteiger partial charge is 0.225 e. The van der Waals surface area contributed by atoms with Gasteiger partial charge in [-0.05, 0) is 45.6 Å². The van der Waals surface area contributed by atoms with Crippen LogP contribution in [0.4, 0.5) is 0 Å². The normalized spacial score (nSPS) is 30.7. The van der Waals surface area contributed by atoms with Gasteiger partial charge >= 0.3 is 0 Å². The van der Waals surface area contributed by atoms with E-state index in [-0.39, 0.29) is 0 Å². The molecule has 4 nitrogen and oxygen atoms in total. The van der Waals surface area contributed by atoms with Gasteiger partial charge in [0.2, 0.25) is 5.91 Å². The fourth-order valence-electron chi connectivity index (χ4n) is 3.70. The van der Waals surface area contributed by atoms with Crippen molar-refractivity contribution in [2.75, 3.05) is 46.3 Å². The van der Waals surface area contributed by atoms with Crippen LogP contribution in [0.15, 0.2) is 0 Å². The van der Waals surface area contributed by atoms with Crippen molar-refractivity contribution in [3.05, 3.63) is 0 Å². The van der Waals surface area contributed by atoms with Crippen LogP contribution >= 0.6 is 0 Å². The second-order valence-corrected chi connectivity index (χ2v) is 7.15. The van der Waals surface area contributed by atoms with Crippen LogP contribution in [0.2, 0.25) is 0 Å². The minimum absolute atomic E-state index is 0.393. The Morgan fingerprint density at radius 1 is 1.05 bits per heavy atom. The van der Waals surface area contributed by atoms with Gasteiger partial charge in [0.1, 0.15) is 0 Å². The third-order valence-electron chi connectivity index (χ3n) is 5.31. The Balaban J connectivity index is 1.43. The number of likely N-dealkylation sites (tertiary alicyclic amines) is 1. The summed E-state index contributed by atoms with van der Waals surface area (Å²) >= 11 is 0. The second-order valence-electron chi connectivity index (χ2n) is 7.15. The largest absolute Gasteiger partial charge is 0.342 e. The van der Waals surface area contributed by atoms with Crippen LogP contribution in [0.3, 0.4) is 0 Å². The SMILES string of the molecule is C[C@@H]1CN(C)CCN1CC1CCN(C(=O)C2CC2)CC1. The fraction of sp³-hybridized carbons (Fsp3) is 0.938. The highest BCUT2D eigenvalue weighted by molar-refractivity contribution is 5.81. The lowest BCUT2D eigenvalue weighted by Crippen LogP contribution is -2.52. The molecule has 3 fully saturated rings. The van der Waals surface area contributed by atoms with Crippen LogP contribution in [0.25, 0.3) is 0 Å². The zero-order valence-electron chi connectivity index (χ0n) is 13.1. The molecule has 0 aromatic rings. The third-order valence-corrected chi connectivity index (χ3v) is 5.31. The van der Waals surface area contributed by atoms with Gasteiger partial charge in [-0.1, -0.05) is 0 Å². The predicted molar refractivity (Wildman–Crippen MR) is 80.6 cm³/mol. The fourth-order valence-corrected chi connectivity index (χ4v) is 3.70. The molecule has 2 heterocycles. The molecule has 20 heavy (non-hydrogen) atoms. The molecule has 0 bridgehead atoms. The highest BCUT2D eigenvalue weighted by Crippen LogP contribution is 2.32. The number of carbonyl (C=O) groups is 1. The zero-order valence-corrected chi connectivity index (χ0v) is 13.1. The minimum Gasteiger partial charge on any atom is -0.342 e. The van der Waals surface area contributed by atoms with Crippen LogP contribution in [-0.4, -0.2) is 73.0 Å². The summed E-state index contributed by atoms with van der Waals surface area (Å²) in [5, 5.41) is 0. The van der Waals surface area contributed by atoms with Crippen molar-refractivity contribution in [1.82, 2.24) is 14.7 Å². The molecule has 2 saturated heterocycles. The van der Waals surface area contributed by atoms with Gasteiger partial charge in [0.25, 0.3) is 0 Å². The van der Waals surface area contributed by atoms with E-state index in [2.05, 4.69) is 28.7 Å². The van der Waals surface area contributed by atoms with E-state index in [4.69, 9.17) is 0 Å². The van der Waals surface area contributed by atoms with E-state index in [0.717, 1.165) is 31.8 Å². The van der Waals surface area contributed by atoms with Crippen molar-refractivity contribution in [2.45, 2.75) is 38.6 Å². The van der Waals surface area contributed by atoms with Crippen LogP contribution in [-0.2, 0) is 4.79 Å². The van der Waals surface area contributed by atoms with Crippen LogP contribution in [0.1, 0.15) is 32.6 Å². The maximum Gasteiger partial charge on any atom is 0.225 e. The Kier molecular flexibility index (Phi) is 4.32. The van der Waals surface area contributed by atoms with Gasteiger partial charge in [0.05, 0.1) is 0 Å². The summed E-state index contributed by atoms with van der Waals surface area (Å²) in [6.07, 6.45) is 4.68. The Bertz CT molecular complexity index is 348. The van der Waals surface area contributed by atoms with Gasteiger partial charge in [0, 0.05) is 51.2 Å². The molecule has 1 amide bonds. The van der Waals surface area contributed by atoms with Crippen LogP contribution < -0.4 is 0 Å². The first-order valence-electron chi connectivity index (χ1n) is 8.35. The van der Waals surface area contributed by atoms with Gasteiger partial charge in [-0.2, -0.15) is 0 Å². The van der Waals surface area contributed by atoms with Gasteiger partial charge < -0.3 is 9.80 Å². The molecule has 1 saturated carbocycles. The molecule has 0 aromatic heterocycles. The molecule has 3 rings (SSSR count). The zero-order chi connectivity index (χ0) is 14.1. The average molecular weight is 279 g/mol. The molecular formula is C16H29N3O. The molecule has 3 aliphatic rings. The maximum atomic E-state index is 12.1. The first-order valence-corrected chi connectivity index (χ1v) is 8.35. The minimum atomic E-state index is 0.393. The van der Waals surface area contributed by atoms with E-state index in [1.807, 2.05) is 0 Å². The van der Waals surface area contributed by atoms with Gasteiger partial charge in [-0.15, -0.1) is 0 Å². The van der Waals surface area contributed by atoms with Crippen LogP contribution in [0.5, 0.6) is 0 Å². The first-order chi connectivity index (χ1) is 9.63. The van der Waals surface area contributed by atoms with E-state index in [1.54, 1.807) is 0 Å². The molecule has 0 aromatic carbocycles. The molecule has 0 unspecified atom stereocenters. The van der Waals surface area contributed by atoms with Gasteiger partial charge in [-0.25, -0.2) is 0 Å². The number of amides is 1. The van der Waals surface area contributed by atoms with Crippen molar-refractivity contribution in [1.29, 1.82) is 0 Å². The molecule has 4 heteroatoms. The summed E-state index contributed by atoms with van der Waals surface area (Å²) in [4.78, 5) is 19.3. The Morgan fingerprint density at radius 2 is 1.75 bits per heavy atom. The average Bonchev–Trinajstić information content (AvgIpc) is 3.26. The number of piperidine rings is 1. The lowest BCUT2D eigenvalue weighted by molar-refractivity contribution is -0.134. The van der Waals surface area contributed by atoms with Crippen molar-refractivity contribution in [2.24, 2.45) is 11.8 Å². The maximum absolute atomic E-state index is 12.1. The Labute approximate surface area is 123 Å². The van der Waals surface area contributed by atoms with Crippen molar-refractivity contribution in [3.63, 3.8) is 0 Å². The van der Waals surface area contributed by atoms with E-state index < -0.39 is 0 Å². The quantitative estimate of drug-likeness (QED) is 0.778. The van der Waals surface area contributed by atoms with E-state index in [0.29, 0.717) is 17.9 Å². The van der Waals surface area contributed by atoms with Gasteiger partial charge in [0.15, 0.2) is 0 Å². The van der Waals surface area contributed by atoms with E-state index in [1.165, 1.54) is 39.0 Å². The Hall–Kier alpha value is -0.610. The molecule has 114 valence electrons. The third kappa shape index (κ3) is 3.34. The molecule has 1 atom stereocenters. The second kappa shape index (κ2) is 6.02. The van der Waals surface area contributed by atoms with Crippen molar-refractivity contribution in [3.8, 4) is 0 Å². The summed E-state index contributed by atoms with van der Waals surface area (Å²) in [6, 6.07) is 0.680. The first kappa shape index (κ1) is 14.3. The van der Waals surface area contributed by atoms with Crippen molar-refractivity contribution < 1.29 is 4.79 Å². The highest BCUT2D eigenvalue weighted by atomic mass is 16.2. The number of rotatable bonds is 3. The highest BCUT2D eigenvalue weighted by Gasteiger charge is 2.35. The molecular weight excluding hydrogens is 250 g/mol. The molecule has 0 spiro atoms. The summed E-state index contributed by atoms with van der Waals surface area (Å²) in [5.74, 6) is 1.63. The summed E-state index contributed by atoms with van der Waals surface area (Å²) < 4.78 is 0. The monoisotopic (exact) mass is 279 g/mol. The van der Waals surface area contributed by atoms with Gasteiger partial charge in [-0.3, -0.25) is 9.69 Å².